The molecule has 0 saturated carbocycles. The van der Waals surface area contributed by atoms with Crippen molar-refractivity contribution in [1.29, 1.82) is 0 Å². The molecule has 1 aromatic rings. The van der Waals surface area contributed by atoms with Crippen LogP contribution in [0.4, 0.5) is 0 Å². The number of ether oxygens (including phenoxy) is 1. The number of thioether (sulfide) groups is 1. The maximum Gasteiger partial charge on any atom is 0.343 e. The monoisotopic (exact) mass is 243 g/mol. The predicted octanol–water partition coefficient (Wildman–Crippen LogP) is 1.11. The number of nitrogens with one attached hydrogen (secondary N) is 1. The quantitative estimate of drug-likeness (QED) is 0.805. The van der Waals surface area contributed by atoms with Gasteiger partial charge in [-0.15, -0.1) is 5.10 Å². The minimum atomic E-state index is -0.114. The van der Waals surface area contributed by atoms with E-state index in [2.05, 4.69) is 10.2 Å². The SMILES string of the molecule is CCn1c(SCC2CCOCC2)n[nH]c1=O. The zero-order chi connectivity index (χ0) is 11.4. The fraction of sp³-hybridized carbons (Fsp3) is 0.800. The van der Waals surface area contributed by atoms with Crippen molar-refractivity contribution in [2.45, 2.75) is 31.5 Å². The van der Waals surface area contributed by atoms with Gasteiger partial charge in [0.2, 0.25) is 0 Å². The first kappa shape index (κ1) is 11.7. The van der Waals surface area contributed by atoms with E-state index in [0.717, 1.165) is 37.0 Å². The summed E-state index contributed by atoms with van der Waals surface area (Å²) in [5.41, 5.74) is -0.114. The topological polar surface area (TPSA) is 59.9 Å². The molecule has 5 nitrogen and oxygen atoms in total. The summed E-state index contributed by atoms with van der Waals surface area (Å²) in [5.74, 6) is 1.71. The molecule has 1 aliphatic rings. The van der Waals surface area contributed by atoms with Crippen LogP contribution < -0.4 is 5.69 Å². The zero-order valence-electron chi connectivity index (χ0n) is 9.44. The van der Waals surface area contributed by atoms with Gasteiger partial charge in [0.05, 0.1) is 0 Å². The van der Waals surface area contributed by atoms with E-state index in [-0.39, 0.29) is 5.69 Å². The molecule has 1 fully saturated rings. The van der Waals surface area contributed by atoms with Crippen molar-refractivity contribution in [1.82, 2.24) is 14.8 Å². The summed E-state index contributed by atoms with van der Waals surface area (Å²) >= 11 is 1.66. The fourth-order valence-corrected chi connectivity index (χ4v) is 2.99. The second-order valence-corrected chi connectivity index (χ2v) is 4.91. The molecular formula is C10H17N3O2S. The number of hydrogen-bond donors (Lipinski definition) is 1. The number of nitrogens with zero attached hydrogens (tertiary/aromatic N) is 2. The Hall–Kier alpha value is -0.750. The van der Waals surface area contributed by atoms with Crippen molar-refractivity contribution in [2.75, 3.05) is 19.0 Å². The summed E-state index contributed by atoms with van der Waals surface area (Å²) in [5, 5.41) is 7.32. The molecule has 1 aromatic heterocycles. The zero-order valence-corrected chi connectivity index (χ0v) is 10.3. The van der Waals surface area contributed by atoms with Crippen LogP contribution in [0.15, 0.2) is 9.95 Å². The van der Waals surface area contributed by atoms with Crippen molar-refractivity contribution in [3.63, 3.8) is 0 Å². The number of hydrogen-bond acceptors (Lipinski definition) is 4. The van der Waals surface area contributed by atoms with Gasteiger partial charge in [-0.25, -0.2) is 9.89 Å². The maximum absolute atomic E-state index is 11.3. The summed E-state index contributed by atoms with van der Waals surface area (Å²) in [4.78, 5) is 11.3. The molecule has 6 heteroatoms. The smallest absolute Gasteiger partial charge is 0.343 e. The molecule has 0 bridgehead atoms. The Kier molecular flexibility index (Phi) is 4.06. The van der Waals surface area contributed by atoms with E-state index in [0.29, 0.717) is 12.5 Å². The van der Waals surface area contributed by atoms with Crippen molar-refractivity contribution in [2.24, 2.45) is 5.92 Å². The Bertz CT molecular complexity index is 382. The highest BCUT2D eigenvalue weighted by Gasteiger charge is 2.16. The van der Waals surface area contributed by atoms with Gasteiger partial charge in [-0.05, 0) is 25.7 Å². The number of aromatic amines is 1. The van der Waals surface area contributed by atoms with E-state index < -0.39 is 0 Å². The average Bonchev–Trinajstić information content (AvgIpc) is 2.68. The lowest BCUT2D eigenvalue weighted by Gasteiger charge is -2.21. The van der Waals surface area contributed by atoms with Crippen LogP contribution in [0.3, 0.4) is 0 Å². The van der Waals surface area contributed by atoms with Gasteiger partial charge >= 0.3 is 5.69 Å². The average molecular weight is 243 g/mol. The Morgan fingerprint density at radius 3 is 3.00 bits per heavy atom. The highest BCUT2D eigenvalue weighted by molar-refractivity contribution is 7.99. The molecule has 0 unspecified atom stereocenters. The molecule has 0 radical (unpaired) electrons. The first-order valence-electron chi connectivity index (χ1n) is 5.67. The third-order valence-corrected chi connectivity index (χ3v) is 4.04. The van der Waals surface area contributed by atoms with Gasteiger partial charge in [0, 0.05) is 25.5 Å². The summed E-state index contributed by atoms with van der Waals surface area (Å²) in [7, 11) is 0. The van der Waals surface area contributed by atoms with E-state index >= 15 is 0 Å². The van der Waals surface area contributed by atoms with Crippen LogP contribution in [0.1, 0.15) is 19.8 Å². The summed E-state index contributed by atoms with van der Waals surface area (Å²) in [6.07, 6.45) is 2.24. The minimum Gasteiger partial charge on any atom is -0.381 e. The second kappa shape index (κ2) is 5.54. The summed E-state index contributed by atoms with van der Waals surface area (Å²) in [6, 6.07) is 0. The van der Waals surface area contributed by atoms with Crippen molar-refractivity contribution in [3.8, 4) is 0 Å². The first-order valence-corrected chi connectivity index (χ1v) is 6.65. The molecule has 16 heavy (non-hydrogen) atoms. The van der Waals surface area contributed by atoms with E-state index in [1.807, 2.05) is 6.92 Å². The maximum atomic E-state index is 11.3. The standard InChI is InChI=1S/C10H17N3O2S/c1-2-13-9(14)11-12-10(13)16-7-8-3-5-15-6-4-8/h8H,2-7H2,1H3,(H,11,14). The first-order chi connectivity index (χ1) is 7.81. The summed E-state index contributed by atoms with van der Waals surface area (Å²) in [6.45, 7) is 4.36. The Labute approximate surface area is 98.6 Å². The van der Waals surface area contributed by atoms with Crippen LogP contribution in [0.2, 0.25) is 0 Å². The molecule has 0 amide bonds. The number of aromatic nitrogens is 3. The Morgan fingerprint density at radius 2 is 2.31 bits per heavy atom. The summed E-state index contributed by atoms with van der Waals surface area (Å²) < 4.78 is 6.99. The van der Waals surface area contributed by atoms with Gasteiger partial charge in [0.25, 0.3) is 0 Å². The lowest BCUT2D eigenvalue weighted by atomic mass is 10.0. The van der Waals surface area contributed by atoms with Crippen LogP contribution in [0.25, 0.3) is 0 Å². The highest BCUT2D eigenvalue weighted by atomic mass is 32.2. The molecule has 0 aliphatic carbocycles. The molecule has 1 saturated heterocycles. The fourth-order valence-electron chi connectivity index (χ4n) is 1.80. The van der Waals surface area contributed by atoms with Crippen molar-refractivity contribution < 1.29 is 4.74 Å². The van der Waals surface area contributed by atoms with Gasteiger partial charge in [-0.3, -0.25) is 4.57 Å². The minimum absolute atomic E-state index is 0.114. The van der Waals surface area contributed by atoms with Gasteiger partial charge in [0.15, 0.2) is 5.16 Å². The largest absolute Gasteiger partial charge is 0.381 e. The van der Waals surface area contributed by atoms with Crippen LogP contribution in [-0.2, 0) is 11.3 Å². The van der Waals surface area contributed by atoms with Crippen molar-refractivity contribution >= 4 is 11.8 Å². The molecule has 0 spiro atoms. The molecule has 1 aliphatic heterocycles. The third kappa shape index (κ3) is 2.68. The predicted molar refractivity (Wildman–Crippen MR) is 62.8 cm³/mol. The van der Waals surface area contributed by atoms with E-state index in [9.17, 15) is 4.79 Å². The Balaban J connectivity index is 1.90. The van der Waals surface area contributed by atoms with Gasteiger partial charge in [-0.1, -0.05) is 11.8 Å². The van der Waals surface area contributed by atoms with Crippen LogP contribution in [0.5, 0.6) is 0 Å². The molecule has 0 atom stereocenters. The third-order valence-electron chi connectivity index (χ3n) is 2.83. The highest BCUT2D eigenvalue weighted by Crippen LogP contribution is 2.23. The molecule has 2 rings (SSSR count). The second-order valence-electron chi connectivity index (χ2n) is 3.92. The van der Waals surface area contributed by atoms with Crippen LogP contribution >= 0.6 is 11.8 Å². The number of H-pyrrole nitrogens is 1. The lowest BCUT2D eigenvalue weighted by Crippen LogP contribution is -2.19. The van der Waals surface area contributed by atoms with Gasteiger partial charge in [0.1, 0.15) is 0 Å². The van der Waals surface area contributed by atoms with Gasteiger partial charge in [-0.2, -0.15) is 0 Å². The normalized spacial score (nSPS) is 17.8. The molecule has 2 heterocycles. The molecule has 1 N–H and O–H groups in total. The molecule has 90 valence electrons. The Morgan fingerprint density at radius 1 is 1.56 bits per heavy atom. The van der Waals surface area contributed by atoms with E-state index in [4.69, 9.17) is 4.74 Å². The lowest BCUT2D eigenvalue weighted by molar-refractivity contribution is 0.0727. The van der Waals surface area contributed by atoms with Gasteiger partial charge < -0.3 is 4.74 Å². The van der Waals surface area contributed by atoms with Crippen LogP contribution in [0, 0.1) is 5.92 Å². The van der Waals surface area contributed by atoms with Crippen LogP contribution in [-0.4, -0.2) is 33.7 Å². The number of rotatable bonds is 4. The van der Waals surface area contributed by atoms with E-state index in [1.165, 1.54) is 0 Å². The van der Waals surface area contributed by atoms with Crippen molar-refractivity contribution in [3.05, 3.63) is 10.5 Å². The van der Waals surface area contributed by atoms with E-state index in [1.54, 1.807) is 16.3 Å². The molecular weight excluding hydrogens is 226 g/mol. The molecule has 0 aromatic carbocycles.